The molecule has 0 radical (unpaired) electrons. The predicted molar refractivity (Wildman–Crippen MR) is 33.4 cm³/mol. The standard InChI is InChI=1S/C5H5N.HI.NO3/c1-2-4-6-5-3-1;;2-1(3)4/h1-5H;1H;/q;;-1. The molecule has 1 heterocycles. The van der Waals surface area contributed by atoms with Gasteiger partial charge in [0.25, 0.3) is 0 Å². The lowest BCUT2D eigenvalue weighted by molar-refractivity contribution is -0.402. The first kappa shape index (κ1) is 12.7. The Morgan fingerprint density at radius 3 is 1.55 bits per heavy atom. The average molecular weight is 269 g/mol. The molecule has 0 amide bonds. The fraction of sp³-hybridized carbons (Fsp3) is 0. The molecule has 1 rings (SSSR count). The van der Waals surface area contributed by atoms with Gasteiger partial charge in [-0.1, -0.05) is 6.07 Å². The topological polar surface area (TPSA) is 80.3 Å². The maximum atomic E-state index is 8.25. The van der Waals surface area contributed by atoms with E-state index in [0.29, 0.717) is 0 Å². The van der Waals surface area contributed by atoms with E-state index in [1.54, 1.807) is 0 Å². The summed E-state index contributed by atoms with van der Waals surface area (Å²) in [4.78, 5) is 11.1. The molecule has 0 saturated carbocycles. The summed E-state index contributed by atoms with van der Waals surface area (Å²) in [5.41, 5.74) is 0. The molecular formula is C5H6IN2O3-. The number of pyridine rings is 1. The fourth-order valence-corrected chi connectivity index (χ4v) is 0.342. The van der Waals surface area contributed by atoms with E-state index in [2.05, 4.69) is 4.98 Å². The maximum absolute atomic E-state index is 8.25. The van der Waals surface area contributed by atoms with Gasteiger partial charge >= 0.3 is 0 Å². The van der Waals surface area contributed by atoms with Crippen molar-refractivity contribution in [2.45, 2.75) is 0 Å². The highest BCUT2D eigenvalue weighted by molar-refractivity contribution is 4.82. The first-order chi connectivity index (χ1) is 4.73. The Bertz CT molecular complexity index is 152. The van der Waals surface area contributed by atoms with Crippen LogP contribution in [-0.4, -0.2) is 5.09 Å². The summed E-state index contributed by atoms with van der Waals surface area (Å²) in [7, 11) is 0. The molecule has 11 heavy (non-hydrogen) atoms. The highest BCUT2D eigenvalue weighted by Crippen LogP contribution is 1.68. The molecule has 0 aliphatic heterocycles. The van der Waals surface area contributed by atoms with Crippen molar-refractivity contribution >= 4 is 0 Å². The van der Waals surface area contributed by atoms with Gasteiger partial charge in [-0.05, 0) is 0 Å². The summed E-state index contributed by atoms with van der Waals surface area (Å²) in [6.07, 6.45) is 3.75. The maximum Gasteiger partial charge on any atom is 0.166 e. The molecule has 0 aliphatic carbocycles. The number of nitrogens with zero attached hydrogens (tertiary/aromatic N) is 1. The number of aromatic amines is 1. The Morgan fingerprint density at radius 2 is 1.45 bits per heavy atom. The van der Waals surface area contributed by atoms with Crippen molar-refractivity contribution in [1.82, 2.24) is 0 Å². The van der Waals surface area contributed by atoms with E-state index >= 15 is 0 Å². The first-order valence-corrected chi connectivity index (χ1v) is 2.46. The normalized spacial score (nSPS) is 6.55. The minimum atomic E-state index is -1.75. The molecule has 0 aliphatic rings. The molecule has 1 aromatic rings. The first-order valence-electron chi connectivity index (χ1n) is 2.46. The zero-order chi connectivity index (χ0) is 7.82. The summed E-state index contributed by atoms with van der Waals surface area (Å²) >= 11 is 0. The van der Waals surface area contributed by atoms with Crippen molar-refractivity contribution in [1.29, 1.82) is 0 Å². The summed E-state index contributed by atoms with van der Waals surface area (Å²) in [6.45, 7) is 0. The molecule has 62 valence electrons. The summed E-state index contributed by atoms with van der Waals surface area (Å²) in [6, 6.07) is 5.86. The van der Waals surface area contributed by atoms with E-state index in [-0.39, 0.29) is 24.0 Å². The lowest BCUT2D eigenvalue weighted by atomic mass is 10.5. The predicted octanol–water partition coefficient (Wildman–Crippen LogP) is -2.73. The van der Waals surface area contributed by atoms with Crippen molar-refractivity contribution in [3.63, 3.8) is 0 Å². The van der Waals surface area contributed by atoms with Gasteiger partial charge in [0.05, 0.1) is 5.09 Å². The number of aromatic nitrogens is 1. The number of nitrogens with one attached hydrogen (secondary N) is 1. The molecule has 0 fully saturated rings. The minimum absolute atomic E-state index is 0. The van der Waals surface area contributed by atoms with Crippen molar-refractivity contribution in [3.8, 4) is 0 Å². The van der Waals surface area contributed by atoms with Crippen LogP contribution in [0.4, 0.5) is 0 Å². The minimum Gasteiger partial charge on any atom is -1.00 e. The molecule has 0 unspecified atom stereocenters. The van der Waals surface area contributed by atoms with Gasteiger partial charge in [-0.2, -0.15) is 0 Å². The Labute approximate surface area is 80.2 Å². The van der Waals surface area contributed by atoms with E-state index in [4.69, 9.17) is 15.3 Å². The van der Waals surface area contributed by atoms with Gasteiger partial charge in [-0.15, -0.1) is 0 Å². The van der Waals surface area contributed by atoms with Crippen LogP contribution in [0.25, 0.3) is 0 Å². The van der Waals surface area contributed by atoms with Crippen LogP contribution in [0.15, 0.2) is 30.6 Å². The van der Waals surface area contributed by atoms with Crippen LogP contribution < -0.4 is 29.0 Å². The van der Waals surface area contributed by atoms with Gasteiger partial charge in [0.15, 0.2) is 12.4 Å². The van der Waals surface area contributed by atoms with Crippen LogP contribution in [0, 0.1) is 15.3 Å². The second-order valence-corrected chi connectivity index (χ2v) is 1.30. The van der Waals surface area contributed by atoms with Crippen LogP contribution in [0.3, 0.4) is 0 Å². The lowest BCUT2D eigenvalue weighted by Crippen LogP contribution is -3.00. The molecule has 0 bridgehead atoms. The molecule has 6 heteroatoms. The van der Waals surface area contributed by atoms with Crippen molar-refractivity contribution < 1.29 is 34.0 Å². The number of H-pyrrole nitrogens is 1. The van der Waals surface area contributed by atoms with Gasteiger partial charge in [-0.25, -0.2) is 4.98 Å². The second-order valence-electron chi connectivity index (χ2n) is 1.30. The van der Waals surface area contributed by atoms with Crippen LogP contribution in [0.1, 0.15) is 0 Å². The number of hydrogen-bond donors (Lipinski definition) is 0. The monoisotopic (exact) mass is 269 g/mol. The Morgan fingerprint density at radius 1 is 1.09 bits per heavy atom. The molecule has 5 nitrogen and oxygen atoms in total. The second kappa shape index (κ2) is 9.08. The van der Waals surface area contributed by atoms with E-state index in [1.165, 1.54) is 0 Å². The number of halogens is 1. The smallest absolute Gasteiger partial charge is 0.166 e. The SMILES string of the molecule is O=[N+]([O-])[O-].[I-].c1cc[nH+]cc1. The third-order valence-electron chi connectivity index (χ3n) is 0.607. The quantitative estimate of drug-likeness (QED) is 0.291. The van der Waals surface area contributed by atoms with Crippen LogP contribution in [0.2, 0.25) is 0 Å². The van der Waals surface area contributed by atoms with Gasteiger partial charge in [0.2, 0.25) is 0 Å². The molecule has 0 atom stereocenters. The van der Waals surface area contributed by atoms with Gasteiger partial charge in [0.1, 0.15) is 0 Å². The van der Waals surface area contributed by atoms with Crippen LogP contribution >= 0.6 is 0 Å². The lowest BCUT2D eigenvalue weighted by Gasteiger charge is -1.74. The van der Waals surface area contributed by atoms with Crippen molar-refractivity contribution in [2.75, 3.05) is 0 Å². The third-order valence-corrected chi connectivity index (χ3v) is 0.607. The highest BCUT2D eigenvalue weighted by atomic mass is 127. The summed E-state index contributed by atoms with van der Waals surface area (Å²) in [5.74, 6) is 0. The Balaban J connectivity index is 0. The third kappa shape index (κ3) is 17.6. The van der Waals surface area contributed by atoms with Gasteiger partial charge < -0.3 is 39.3 Å². The van der Waals surface area contributed by atoms with Gasteiger partial charge in [-0.3, -0.25) is 0 Å². The molecule has 0 saturated heterocycles. The Hall–Kier alpha value is -0.920. The van der Waals surface area contributed by atoms with E-state index in [0.717, 1.165) is 0 Å². The Kier molecular flexibility index (Phi) is 10.5. The van der Waals surface area contributed by atoms with Crippen LogP contribution in [-0.2, 0) is 0 Å². The molecule has 0 aromatic carbocycles. The summed E-state index contributed by atoms with van der Waals surface area (Å²) in [5, 5.41) is 14.8. The largest absolute Gasteiger partial charge is 1.00 e. The van der Waals surface area contributed by atoms with E-state index in [1.807, 2.05) is 30.6 Å². The molecule has 1 N–H and O–H groups in total. The van der Waals surface area contributed by atoms with E-state index in [9.17, 15) is 0 Å². The van der Waals surface area contributed by atoms with Gasteiger partial charge in [0, 0.05) is 12.1 Å². The van der Waals surface area contributed by atoms with Crippen LogP contribution in [0.5, 0.6) is 0 Å². The average Bonchev–Trinajstić information content (AvgIpc) is 1.90. The highest BCUT2D eigenvalue weighted by Gasteiger charge is 1.65. The zero-order valence-corrected chi connectivity index (χ0v) is 7.59. The fourth-order valence-electron chi connectivity index (χ4n) is 0.342. The van der Waals surface area contributed by atoms with Crippen molar-refractivity contribution in [2.24, 2.45) is 0 Å². The molecular weight excluding hydrogens is 263 g/mol. The van der Waals surface area contributed by atoms with E-state index < -0.39 is 5.09 Å². The molecule has 1 aromatic heterocycles. The number of rotatable bonds is 0. The molecule has 0 spiro atoms. The zero-order valence-electron chi connectivity index (χ0n) is 5.44. The number of hydrogen-bond acceptors (Lipinski definition) is 3. The van der Waals surface area contributed by atoms with Crippen molar-refractivity contribution in [3.05, 3.63) is 45.9 Å². The summed E-state index contributed by atoms with van der Waals surface area (Å²) < 4.78 is 0.